The van der Waals surface area contributed by atoms with E-state index in [2.05, 4.69) is 14.9 Å². The van der Waals surface area contributed by atoms with Crippen LogP contribution in [0.1, 0.15) is 35.1 Å². The van der Waals surface area contributed by atoms with Crippen LogP contribution in [0.2, 0.25) is 5.02 Å². The SMILES string of the molecule is Cc1nnc2n1-c1ccc(OC(F)(F)F)cc1C(c1ccc(Cl)cc1)=CC2CC(=O)O. The lowest BCUT2D eigenvalue weighted by Gasteiger charge is -2.16. The summed E-state index contributed by atoms with van der Waals surface area (Å²) < 4.78 is 44.3. The fourth-order valence-electron chi connectivity index (χ4n) is 3.62. The van der Waals surface area contributed by atoms with Gasteiger partial charge in [0, 0.05) is 16.5 Å². The maximum absolute atomic E-state index is 12.8. The topological polar surface area (TPSA) is 77.2 Å². The molecule has 2 aromatic carbocycles. The summed E-state index contributed by atoms with van der Waals surface area (Å²) in [5, 5.41) is 18.1. The van der Waals surface area contributed by atoms with E-state index >= 15 is 0 Å². The van der Waals surface area contributed by atoms with Gasteiger partial charge in [-0.15, -0.1) is 23.4 Å². The van der Waals surface area contributed by atoms with Crippen molar-refractivity contribution in [2.45, 2.75) is 25.6 Å². The fourth-order valence-corrected chi connectivity index (χ4v) is 3.75. The van der Waals surface area contributed by atoms with Crippen molar-refractivity contribution in [2.24, 2.45) is 0 Å². The maximum Gasteiger partial charge on any atom is 0.573 e. The van der Waals surface area contributed by atoms with Crippen molar-refractivity contribution in [1.29, 1.82) is 0 Å². The third-order valence-corrected chi connectivity index (χ3v) is 5.08. The highest BCUT2D eigenvalue weighted by atomic mass is 35.5. The Morgan fingerprint density at radius 2 is 1.90 bits per heavy atom. The Morgan fingerprint density at radius 3 is 2.55 bits per heavy atom. The van der Waals surface area contributed by atoms with Crippen molar-refractivity contribution in [2.75, 3.05) is 0 Å². The summed E-state index contributed by atoms with van der Waals surface area (Å²) in [5.74, 6) is -1.24. The Kier molecular flexibility index (Phi) is 5.22. The number of aliphatic carboxylic acids is 1. The van der Waals surface area contributed by atoms with Crippen LogP contribution in [0.25, 0.3) is 11.3 Å². The van der Waals surface area contributed by atoms with Gasteiger partial charge in [0.05, 0.1) is 12.1 Å². The molecule has 1 aliphatic rings. The van der Waals surface area contributed by atoms with Crippen LogP contribution in [0.15, 0.2) is 48.5 Å². The predicted molar refractivity (Wildman–Crippen MR) is 106 cm³/mol. The predicted octanol–water partition coefficient (Wildman–Crippen LogP) is 5.13. The first kappa shape index (κ1) is 20.9. The van der Waals surface area contributed by atoms with E-state index in [0.717, 1.165) is 0 Å². The van der Waals surface area contributed by atoms with Crippen LogP contribution in [0.4, 0.5) is 13.2 Å². The van der Waals surface area contributed by atoms with E-state index in [4.69, 9.17) is 11.6 Å². The molecule has 0 spiro atoms. The molecule has 10 heteroatoms. The fraction of sp³-hybridized carbons (Fsp3) is 0.190. The summed E-state index contributed by atoms with van der Waals surface area (Å²) in [6.07, 6.45) is -3.44. The number of alkyl halides is 3. The van der Waals surface area contributed by atoms with E-state index in [-0.39, 0.29) is 6.42 Å². The van der Waals surface area contributed by atoms with E-state index in [1.165, 1.54) is 18.2 Å². The molecule has 160 valence electrons. The van der Waals surface area contributed by atoms with Crippen LogP contribution < -0.4 is 4.74 Å². The molecule has 0 saturated heterocycles. The van der Waals surface area contributed by atoms with Gasteiger partial charge in [0.2, 0.25) is 0 Å². The average molecular weight is 450 g/mol. The molecule has 1 atom stereocenters. The van der Waals surface area contributed by atoms with E-state index in [1.807, 2.05) is 0 Å². The summed E-state index contributed by atoms with van der Waals surface area (Å²) in [5.41, 5.74) is 2.12. The number of aryl methyl sites for hydroxylation is 1. The number of fused-ring (bicyclic) bond motifs is 3. The van der Waals surface area contributed by atoms with Gasteiger partial charge in [-0.1, -0.05) is 29.8 Å². The van der Waals surface area contributed by atoms with Gasteiger partial charge in [-0.25, -0.2) is 0 Å². The second-order valence-electron chi connectivity index (χ2n) is 6.96. The van der Waals surface area contributed by atoms with E-state index < -0.39 is 24.0 Å². The van der Waals surface area contributed by atoms with Gasteiger partial charge < -0.3 is 9.84 Å². The van der Waals surface area contributed by atoms with Crippen LogP contribution in [0.5, 0.6) is 5.75 Å². The minimum atomic E-state index is -4.85. The Labute approximate surface area is 179 Å². The third kappa shape index (κ3) is 4.27. The lowest BCUT2D eigenvalue weighted by Crippen LogP contribution is -2.17. The second kappa shape index (κ2) is 7.73. The Hall–Kier alpha value is -3.33. The number of carboxylic acid groups (broad SMARTS) is 1. The van der Waals surface area contributed by atoms with Crippen LogP contribution >= 0.6 is 11.6 Å². The maximum atomic E-state index is 12.8. The second-order valence-corrected chi connectivity index (χ2v) is 7.40. The van der Waals surface area contributed by atoms with Crippen molar-refractivity contribution in [3.63, 3.8) is 0 Å². The number of nitrogens with zero attached hydrogens (tertiary/aromatic N) is 3. The smallest absolute Gasteiger partial charge is 0.481 e. The number of carboxylic acids is 1. The lowest BCUT2D eigenvalue weighted by molar-refractivity contribution is -0.274. The molecule has 1 aliphatic heterocycles. The number of benzene rings is 2. The molecule has 0 fully saturated rings. The molecule has 0 radical (unpaired) electrons. The number of aromatic nitrogens is 3. The van der Waals surface area contributed by atoms with Gasteiger partial charge in [-0.3, -0.25) is 9.36 Å². The first-order valence-corrected chi connectivity index (χ1v) is 9.52. The Bertz CT molecular complexity index is 1190. The molecule has 0 amide bonds. The molecule has 0 saturated carbocycles. The molecule has 0 aliphatic carbocycles. The minimum absolute atomic E-state index is 0.269. The van der Waals surface area contributed by atoms with Gasteiger partial charge in [0.1, 0.15) is 17.4 Å². The summed E-state index contributed by atoms with van der Waals surface area (Å²) in [6.45, 7) is 1.69. The molecule has 1 aromatic heterocycles. The molecule has 1 unspecified atom stereocenters. The van der Waals surface area contributed by atoms with E-state index in [0.29, 0.717) is 39.1 Å². The Balaban J connectivity index is 1.98. The van der Waals surface area contributed by atoms with Gasteiger partial charge in [0.15, 0.2) is 0 Å². The molecular formula is C21H15ClF3N3O3. The van der Waals surface area contributed by atoms with E-state index in [9.17, 15) is 23.1 Å². The van der Waals surface area contributed by atoms with Gasteiger partial charge in [0.25, 0.3) is 0 Å². The van der Waals surface area contributed by atoms with Crippen molar-refractivity contribution >= 4 is 23.1 Å². The van der Waals surface area contributed by atoms with Gasteiger partial charge in [-0.05, 0) is 48.4 Å². The summed E-state index contributed by atoms with van der Waals surface area (Å²) in [4.78, 5) is 11.5. The lowest BCUT2D eigenvalue weighted by atomic mass is 9.92. The van der Waals surface area contributed by atoms with Crippen molar-refractivity contribution in [3.8, 4) is 11.4 Å². The van der Waals surface area contributed by atoms with Crippen molar-refractivity contribution < 1.29 is 27.8 Å². The molecule has 0 bridgehead atoms. The Morgan fingerprint density at radius 1 is 1.19 bits per heavy atom. The zero-order valence-corrected chi connectivity index (χ0v) is 16.8. The standard InChI is InChI=1S/C21H15ClF3N3O3/c1-11-26-27-20-13(9-19(29)30)8-16(12-2-4-14(22)5-3-12)17-10-15(31-21(23,24)25)6-7-18(17)28(11)20/h2-8,10,13H,9H2,1H3,(H,29,30). The van der Waals surface area contributed by atoms with Crippen LogP contribution in [-0.4, -0.2) is 32.2 Å². The normalized spacial score (nSPS) is 15.5. The molecular weight excluding hydrogens is 435 g/mol. The summed E-state index contributed by atoms with van der Waals surface area (Å²) in [6, 6.07) is 10.7. The zero-order chi connectivity index (χ0) is 22.3. The van der Waals surface area contributed by atoms with Crippen molar-refractivity contribution in [1.82, 2.24) is 14.8 Å². The first-order valence-electron chi connectivity index (χ1n) is 9.14. The van der Waals surface area contributed by atoms with Crippen LogP contribution in [0.3, 0.4) is 0 Å². The van der Waals surface area contributed by atoms with E-state index in [1.54, 1.807) is 41.8 Å². The average Bonchev–Trinajstić information content (AvgIpc) is 2.99. The molecule has 4 rings (SSSR count). The number of ether oxygens (including phenoxy) is 1. The highest BCUT2D eigenvalue weighted by Crippen LogP contribution is 2.40. The first-order chi connectivity index (χ1) is 14.6. The largest absolute Gasteiger partial charge is 0.573 e. The third-order valence-electron chi connectivity index (χ3n) is 4.83. The molecule has 6 nitrogen and oxygen atoms in total. The summed E-state index contributed by atoms with van der Waals surface area (Å²) >= 11 is 5.99. The van der Waals surface area contributed by atoms with Crippen molar-refractivity contribution in [3.05, 3.63) is 76.3 Å². The number of allylic oxidation sites excluding steroid dienone is 1. The number of hydrogen-bond donors (Lipinski definition) is 1. The number of carbonyl (C=O) groups is 1. The zero-order valence-electron chi connectivity index (χ0n) is 16.0. The van der Waals surface area contributed by atoms with Gasteiger partial charge in [-0.2, -0.15) is 0 Å². The molecule has 3 aromatic rings. The monoisotopic (exact) mass is 449 g/mol. The van der Waals surface area contributed by atoms with Gasteiger partial charge >= 0.3 is 12.3 Å². The number of hydrogen-bond acceptors (Lipinski definition) is 4. The van der Waals surface area contributed by atoms with Crippen LogP contribution in [-0.2, 0) is 4.79 Å². The molecule has 1 N–H and O–H groups in total. The molecule has 31 heavy (non-hydrogen) atoms. The minimum Gasteiger partial charge on any atom is -0.481 e. The highest BCUT2D eigenvalue weighted by Gasteiger charge is 2.33. The quantitative estimate of drug-likeness (QED) is 0.597. The highest BCUT2D eigenvalue weighted by molar-refractivity contribution is 6.30. The molecule has 2 heterocycles. The number of halogens is 4. The van der Waals surface area contributed by atoms with Crippen LogP contribution in [0, 0.1) is 6.92 Å². The summed E-state index contributed by atoms with van der Waals surface area (Å²) in [7, 11) is 0. The number of rotatable bonds is 4.